The van der Waals surface area contributed by atoms with Crippen LogP contribution in [-0.2, 0) is 10.6 Å². The molecule has 0 aliphatic heterocycles. The van der Waals surface area contributed by atoms with Crippen LogP contribution in [0, 0.1) is 0 Å². The third kappa shape index (κ3) is 3.88. The van der Waals surface area contributed by atoms with Gasteiger partial charge in [0.2, 0.25) is 11.8 Å². The van der Waals surface area contributed by atoms with Crippen LogP contribution in [-0.4, -0.2) is 31.5 Å². The maximum Gasteiger partial charge on any atom is 0.574 e. The van der Waals surface area contributed by atoms with Crippen LogP contribution in [0.15, 0.2) is 6.07 Å². The van der Waals surface area contributed by atoms with Gasteiger partial charge in [-0.05, 0) is 5.56 Å². The largest absolute Gasteiger partial charge is 0.574 e. The van der Waals surface area contributed by atoms with Gasteiger partial charge >= 0.3 is 12.3 Å². The summed E-state index contributed by atoms with van der Waals surface area (Å²) >= 11 is 5.58. The first-order valence-corrected chi connectivity index (χ1v) is 5.33. The molecule has 0 aliphatic rings. The number of hydrogen-bond acceptors (Lipinski definition) is 5. The molecule has 1 aromatic heterocycles. The van der Waals surface area contributed by atoms with Gasteiger partial charge in [-0.3, -0.25) is 0 Å². The molecule has 0 bridgehead atoms. The first-order valence-electron chi connectivity index (χ1n) is 4.80. The van der Waals surface area contributed by atoms with E-state index < -0.39 is 23.8 Å². The van der Waals surface area contributed by atoms with Crippen LogP contribution in [0.2, 0.25) is 0 Å². The Labute approximate surface area is 111 Å². The Morgan fingerprint density at radius 1 is 1.42 bits per heavy atom. The monoisotopic (exact) mass is 299 g/mol. The van der Waals surface area contributed by atoms with Crippen molar-refractivity contribution >= 4 is 17.6 Å². The molecule has 0 unspecified atom stereocenters. The average molecular weight is 300 g/mol. The van der Waals surface area contributed by atoms with E-state index in [9.17, 15) is 18.0 Å². The van der Waals surface area contributed by atoms with Gasteiger partial charge in [-0.2, -0.15) is 4.98 Å². The summed E-state index contributed by atoms with van der Waals surface area (Å²) in [4.78, 5) is 14.9. The standard InChI is InChI=1S/C10H9ClF3NO4/c1-17-6-3-5(4-11)7(9(16)18-2)8(15-6)19-10(12,13)14/h3H,4H2,1-2H3. The highest BCUT2D eigenvalue weighted by Crippen LogP contribution is 2.31. The first-order chi connectivity index (χ1) is 8.82. The zero-order chi connectivity index (χ0) is 14.6. The molecule has 9 heteroatoms. The Balaban J connectivity index is 3.41. The molecule has 0 N–H and O–H groups in total. The van der Waals surface area contributed by atoms with Crippen molar-refractivity contribution in [1.29, 1.82) is 0 Å². The van der Waals surface area contributed by atoms with E-state index in [2.05, 4.69) is 14.5 Å². The SMILES string of the molecule is COC(=O)c1c(CCl)cc(OC)nc1OC(F)(F)F. The van der Waals surface area contributed by atoms with Gasteiger partial charge in [-0.1, -0.05) is 0 Å². The van der Waals surface area contributed by atoms with Crippen molar-refractivity contribution in [3.8, 4) is 11.8 Å². The summed E-state index contributed by atoms with van der Waals surface area (Å²) in [6.07, 6.45) is -5.01. The number of alkyl halides is 4. The fourth-order valence-electron chi connectivity index (χ4n) is 1.26. The van der Waals surface area contributed by atoms with Crippen LogP contribution >= 0.6 is 11.6 Å². The normalized spacial score (nSPS) is 11.1. The molecule has 0 aliphatic carbocycles. The summed E-state index contributed by atoms with van der Waals surface area (Å²) in [6, 6.07) is 1.22. The van der Waals surface area contributed by atoms with Gasteiger partial charge in [0.05, 0.1) is 14.2 Å². The average Bonchev–Trinajstić information content (AvgIpc) is 2.34. The van der Waals surface area contributed by atoms with Crippen LogP contribution in [0.1, 0.15) is 15.9 Å². The predicted molar refractivity (Wildman–Crippen MR) is 58.4 cm³/mol. The number of carbonyl (C=O) groups is 1. The Kier molecular flexibility index (Phi) is 4.82. The third-order valence-corrected chi connectivity index (χ3v) is 2.29. The van der Waals surface area contributed by atoms with Gasteiger partial charge in [0, 0.05) is 11.9 Å². The van der Waals surface area contributed by atoms with Crippen LogP contribution in [0.5, 0.6) is 11.8 Å². The lowest BCUT2D eigenvalue weighted by Crippen LogP contribution is -2.21. The summed E-state index contributed by atoms with van der Waals surface area (Å²) in [5, 5.41) is 0. The maximum absolute atomic E-state index is 12.3. The third-order valence-electron chi connectivity index (χ3n) is 2.00. The molecule has 5 nitrogen and oxygen atoms in total. The van der Waals surface area contributed by atoms with Crippen LogP contribution in [0.3, 0.4) is 0 Å². The number of rotatable bonds is 4. The second-order valence-corrected chi connectivity index (χ2v) is 3.44. The quantitative estimate of drug-likeness (QED) is 0.631. The Bertz CT molecular complexity index is 479. The van der Waals surface area contributed by atoms with E-state index in [-0.39, 0.29) is 17.3 Å². The number of carbonyl (C=O) groups excluding carboxylic acids is 1. The molecule has 0 atom stereocenters. The first kappa shape index (κ1) is 15.4. The number of aromatic nitrogens is 1. The molecule has 0 aromatic carbocycles. The summed E-state index contributed by atoms with van der Waals surface area (Å²) in [7, 11) is 2.22. The van der Waals surface area contributed by atoms with Crippen molar-refractivity contribution in [2.75, 3.05) is 14.2 Å². The highest BCUT2D eigenvalue weighted by atomic mass is 35.5. The molecule has 0 spiro atoms. The Morgan fingerprint density at radius 3 is 2.47 bits per heavy atom. The molecular weight excluding hydrogens is 291 g/mol. The molecule has 0 saturated carbocycles. The highest BCUT2D eigenvalue weighted by molar-refractivity contribution is 6.17. The van der Waals surface area contributed by atoms with Crippen molar-refractivity contribution in [3.63, 3.8) is 0 Å². The number of halogens is 4. The number of esters is 1. The zero-order valence-electron chi connectivity index (χ0n) is 9.88. The molecule has 0 amide bonds. The molecule has 0 fully saturated rings. The van der Waals surface area contributed by atoms with E-state index in [0.717, 1.165) is 7.11 Å². The maximum atomic E-state index is 12.3. The number of pyridine rings is 1. The Morgan fingerprint density at radius 2 is 2.05 bits per heavy atom. The van der Waals surface area contributed by atoms with Crippen LogP contribution < -0.4 is 9.47 Å². The molecule has 1 aromatic rings. The lowest BCUT2D eigenvalue weighted by molar-refractivity contribution is -0.276. The molecule has 1 heterocycles. The van der Waals surface area contributed by atoms with Crippen molar-refractivity contribution in [2.45, 2.75) is 12.2 Å². The van der Waals surface area contributed by atoms with Gasteiger partial charge < -0.3 is 14.2 Å². The molecule has 106 valence electrons. The van der Waals surface area contributed by atoms with E-state index in [1.54, 1.807) is 0 Å². The highest BCUT2D eigenvalue weighted by Gasteiger charge is 2.35. The topological polar surface area (TPSA) is 57.7 Å². The summed E-state index contributed by atoms with van der Waals surface area (Å²) < 4.78 is 49.6. The van der Waals surface area contributed by atoms with E-state index in [4.69, 9.17) is 16.3 Å². The van der Waals surface area contributed by atoms with Gasteiger partial charge in [-0.25, -0.2) is 4.79 Å². The van der Waals surface area contributed by atoms with Crippen molar-refractivity contribution in [1.82, 2.24) is 4.98 Å². The molecule has 1 rings (SSSR count). The molecule has 0 radical (unpaired) electrons. The molecular formula is C10H9ClF3NO4. The van der Waals surface area contributed by atoms with Crippen LogP contribution in [0.25, 0.3) is 0 Å². The number of hydrogen-bond donors (Lipinski definition) is 0. The smallest absolute Gasteiger partial charge is 0.481 e. The van der Waals surface area contributed by atoms with Crippen molar-refractivity contribution in [2.24, 2.45) is 0 Å². The van der Waals surface area contributed by atoms with E-state index in [0.29, 0.717) is 0 Å². The van der Waals surface area contributed by atoms with Gasteiger partial charge in [0.1, 0.15) is 5.56 Å². The number of nitrogens with zero attached hydrogens (tertiary/aromatic N) is 1. The fourth-order valence-corrected chi connectivity index (χ4v) is 1.47. The zero-order valence-corrected chi connectivity index (χ0v) is 10.6. The summed E-state index contributed by atoms with van der Waals surface area (Å²) in [5.74, 6) is -2.40. The van der Waals surface area contributed by atoms with E-state index >= 15 is 0 Å². The van der Waals surface area contributed by atoms with Crippen LogP contribution in [0.4, 0.5) is 13.2 Å². The number of methoxy groups -OCH3 is 2. The van der Waals surface area contributed by atoms with Gasteiger partial charge in [0.25, 0.3) is 0 Å². The summed E-state index contributed by atoms with van der Waals surface area (Å²) in [6.45, 7) is 0. The lowest BCUT2D eigenvalue weighted by atomic mass is 10.1. The fraction of sp³-hybridized carbons (Fsp3) is 0.400. The van der Waals surface area contributed by atoms with Gasteiger partial charge in [-0.15, -0.1) is 24.8 Å². The predicted octanol–water partition coefficient (Wildman–Crippen LogP) is 2.51. The molecule has 19 heavy (non-hydrogen) atoms. The lowest BCUT2D eigenvalue weighted by Gasteiger charge is -2.14. The van der Waals surface area contributed by atoms with Gasteiger partial charge in [0.15, 0.2) is 0 Å². The molecule has 0 saturated heterocycles. The van der Waals surface area contributed by atoms with E-state index in [1.165, 1.54) is 13.2 Å². The minimum atomic E-state index is -5.01. The minimum Gasteiger partial charge on any atom is -0.481 e. The Hall–Kier alpha value is -1.70. The summed E-state index contributed by atoms with van der Waals surface area (Å²) in [5.41, 5.74) is -0.435. The number of ether oxygens (including phenoxy) is 3. The second kappa shape index (κ2) is 5.96. The minimum absolute atomic E-state index is 0.0552. The van der Waals surface area contributed by atoms with E-state index in [1.807, 2.05) is 0 Å². The van der Waals surface area contributed by atoms with Crippen molar-refractivity contribution in [3.05, 3.63) is 17.2 Å². The second-order valence-electron chi connectivity index (χ2n) is 3.18. The van der Waals surface area contributed by atoms with Crippen molar-refractivity contribution < 1.29 is 32.2 Å².